The average molecular weight is 488 g/mol. The number of nitrogens with one attached hydrogen (secondary N) is 2. The average Bonchev–Trinajstić information content (AvgIpc) is 2.73. The highest BCUT2D eigenvalue weighted by molar-refractivity contribution is 9.10. The van der Waals surface area contributed by atoms with E-state index in [1.165, 1.54) is 0 Å². The summed E-state index contributed by atoms with van der Waals surface area (Å²) in [5.74, 6) is -0.0133. The Morgan fingerprint density at radius 3 is 2.30 bits per heavy atom. The van der Waals surface area contributed by atoms with Gasteiger partial charge in [-0.15, -0.1) is 0 Å². The van der Waals surface area contributed by atoms with Crippen molar-refractivity contribution < 1.29 is 14.3 Å². The summed E-state index contributed by atoms with van der Waals surface area (Å²) in [5, 5.41) is 6.31. The Labute approximate surface area is 188 Å². The normalized spacial score (nSPS) is 11.5. The third-order valence-corrected chi connectivity index (χ3v) is 5.30. The lowest BCUT2D eigenvalue weighted by Crippen LogP contribution is -2.30. The second kappa shape index (κ2) is 9.78. The fraction of sp³-hybridized carbons (Fsp3) is 0.130. The molecule has 0 saturated heterocycles. The first-order chi connectivity index (χ1) is 14.3. The summed E-state index contributed by atoms with van der Waals surface area (Å²) >= 11 is 9.31. The molecule has 0 aliphatic carbocycles. The number of hydrogen-bond donors (Lipinski definition) is 2. The molecule has 7 heteroatoms. The SMILES string of the molecule is Cc1c(NC(=O)c2ccccc2)cccc1NC(=O)C(C)Oc1ccc(Cl)cc1Br. The standard InChI is InChI=1S/C23H20BrClN2O3/c1-14-19(9-6-10-20(14)27-23(29)16-7-4-3-5-8-16)26-22(28)15(2)30-21-12-11-17(25)13-18(21)24/h3-13,15H,1-2H3,(H,26,28)(H,27,29). The number of carbonyl (C=O) groups is 2. The van der Waals surface area contributed by atoms with Crippen LogP contribution in [0.3, 0.4) is 0 Å². The molecule has 3 aromatic carbocycles. The maximum atomic E-state index is 12.6. The van der Waals surface area contributed by atoms with Crippen LogP contribution in [0.25, 0.3) is 0 Å². The van der Waals surface area contributed by atoms with Crippen molar-refractivity contribution in [3.8, 4) is 5.75 Å². The number of benzene rings is 3. The zero-order valence-corrected chi connectivity index (χ0v) is 18.8. The minimum atomic E-state index is -0.746. The summed E-state index contributed by atoms with van der Waals surface area (Å²) in [6, 6.07) is 19.4. The van der Waals surface area contributed by atoms with Crippen LogP contribution < -0.4 is 15.4 Å². The Kier molecular flexibility index (Phi) is 7.13. The largest absolute Gasteiger partial charge is 0.480 e. The van der Waals surface area contributed by atoms with Gasteiger partial charge in [-0.3, -0.25) is 9.59 Å². The Balaban J connectivity index is 1.69. The monoisotopic (exact) mass is 486 g/mol. The van der Waals surface area contributed by atoms with Gasteiger partial charge in [-0.25, -0.2) is 0 Å². The first kappa shape index (κ1) is 21.9. The van der Waals surface area contributed by atoms with Crippen molar-refractivity contribution in [2.24, 2.45) is 0 Å². The number of halogens is 2. The molecule has 0 bridgehead atoms. The molecule has 5 nitrogen and oxygen atoms in total. The number of carbonyl (C=O) groups excluding carboxylic acids is 2. The molecule has 0 saturated carbocycles. The van der Waals surface area contributed by atoms with Crippen molar-refractivity contribution in [1.29, 1.82) is 0 Å². The van der Waals surface area contributed by atoms with E-state index in [9.17, 15) is 9.59 Å². The van der Waals surface area contributed by atoms with E-state index in [1.54, 1.807) is 67.6 Å². The molecule has 0 radical (unpaired) electrons. The molecule has 0 fully saturated rings. The minimum Gasteiger partial charge on any atom is -0.480 e. The van der Waals surface area contributed by atoms with Gasteiger partial charge in [0.15, 0.2) is 6.10 Å². The first-order valence-electron chi connectivity index (χ1n) is 9.23. The van der Waals surface area contributed by atoms with E-state index in [0.717, 1.165) is 5.56 Å². The van der Waals surface area contributed by atoms with E-state index in [-0.39, 0.29) is 11.8 Å². The van der Waals surface area contributed by atoms with Gasteiger partial charge in [-0.2, -0.15) is 0 Å². The maximum Gasteiger partial charge on any atom is 0.265 e. The van der Waals surface area contributed by atoms with Gasteiger partial charge in [0.25, 0.3) is 11.8 Å². The van der Waals surface area contributed by atoms with E-state index >= 15 is 0 Å². The van der Waals surface area contributed by atoms with Gasteiger partial charge in [0.05, 0.1) is 4.47 Å². The van der Waals surface area contributed by atoms with Crippen molar-refractivity contribution in [1.82, 2.24) is 0 Å². The lowest BCUT2D eigenvalue weighted by Gasteiger charge is -2.18. The van der Waals surface area contributed by atoms with E-state index in [2.05, 4.69) is 26.6 Å². The van der Waals surface area contributed by atoms with Gasteiger partial charge in [0.2, 0.25) is 0 Å². The molecule has 3 aromatic rings. The highest BCUT2D eigenvalue weighted by Gasteiger charge is 2.18. The molecular formula is C23H20BrClN2O3. The third kappa shape index (κ3) is 5.40. The summed E-state index contributed by atoms with van der Waals surface area (Å²) in [4.78, 5) is 25.1. The van der Waals surface area contributed by atoms with Crippen LogP contribution in [0.15, 0.2) is 71.2 Å². The predicted molar refractivity (Wildman–Crippen MR) is 123 cm³/mol. The molecule has 0 spiro atoms. The van der Waals surface area contributed by atoms with Gasteiger partial charge >= 0.3 is 0 Å². The van der Waals surface area contributed by atoms with E-state index < -0.39 is 6.10 Å². The Morgan fingerprint density at radius 1 is 0.967 bits per heavy atom. The van der Waals surface area contributed by atoms with E-state index in [1.807, 2.05) is 13.0 Å². The van der Waals surface area contributed by atoms with Gasteiger partial charge < -0.3 is 15.4 Å². The lowest BCUT2D eigenvalue weighted by atomic mass is 10.1. The highest BCUT2D eigenvalue weighted by atomic mass is 79.9. The molecule has 0 aliphatic heterocycles. The van der Waals surface area contributed by atoms with Gasteiger partial charge in [-0.1, -0.05) is 35.9 Å². The molecule has 2 amide bonds. The number of anilines is 2. The molecule has 0 aliphatic rings. The van der Waals surface area contributed by atoms with Crippen molar-refractivity contribution in [2.45, 2.75) is 20.0 Å². The number of rotatable bonds is 6. The molecule has 1 unspecified atom stereocenters. The van der Waals surface area contributed by atoms with Crippen LogP contribution in [0.5, 0.6) is 5.75 Å². The van der Waals surface area contributed by atoms with Crippen LogP contribution in [0, 0.1) is 6.92 Å². The summed E-state index contributed by atoms with van der Waals surface area (Å²) in [7, 11) is 0. The van der Waals surface area contributed by atoms with Crippen molar-refractivity contribution in [3.63, 3.8) is 0 Å². The molecular weight excluding hydrogens is 468 g/mol. The minimum absolute atomic E-state index is 0.216. The Morgan fingerprint density at radius 2 is 1.63 bits per heavy atom. The van der Waals surface area contributed by atoms with Crippen LogP contribution in [0.4, 0.5) is 11.4 Å². The van der Waals surface area contributed by atoms with Gasteiger partial charge in [0, 0.05) is 22.0 Å². The maximum absolute atomic E-state index is 12.6. The summed E-state index contributed by atoms with van der Waals surface area (Å²) in [5.41, 5.74) is 2.52. The molecule has 0 aromatic heterocycles. The molecule has 1 atom stereocenters. The van der Waals surface area contributed by atoms with Crippen molar-refractivity contribution in [2.75, 3.05) is 10.6 Å². The molecule has 2 N–H and O–H groups in total. The number of amides is 2. The van der Waals surface area contributed by atoms with E-state index in [0.29, 0.717) is 32.2 Å². The lowest BCUT2D eigenvalue weighted by molar-refractivity contribution is -0.122. The zero-order valence-electron chi connectivity index (χ0n) is 16.4. The second-order valence-corrected chi connectivity index (χ2v) is 7.91. The topological polar surface area (TPSA) is 67.4 Å². The summed E-state index contributed by atoms with van der Waals surface area (Å²) in [6.07, 6.45) is -0.746. The first-order valence-corrected chi connectivity index (χ1v) is 10.4. The fourth-order valence-electron chi connectivity index (χ4n) is 2.74. The van der Waals surface area contributed by atoms with E-state index in [4.69, 9.17) is 16.3 Å². The molecule has 3 rings (SSSR count). The van der Waals surface area contributed by atoms with Crippen LogP contribution in [0.1, 0.15) is 22.8 Å². The summed E-state index contributed by atoms with van der Waals surface area (Å²) < 4.78 is 6.40. The van der Waals surface area contributed by atoms with Gasteiger partial charge in [0.1, 0.15) is 5.75 Å². The third-order valence-electron chi connectivity index (χ3n) is 4.44. The van der Waals surface area contributed by atoms with Crippen molar-refractivity contribution >= 4 is 50.7 Å². The van der Waals surface area contributed by atoms with Crippen LogP contribution in [-0.2, 0) is 4.79 Å². The fourth-order valence-corrected chi connectivity index (χ4v) is 3.52. The molecule has 154 valence electrons. The Hall–Kier alpha value is -2.83. The number of hydrogen-bond acceptors (Lipinski definition) is 3. The smallest absolute Gasteiger partial charge is 0.265 e. The summed E-state index contributed by atoms with van der Waals surface area (Å²) in [6.45, 7) is 3.49. The zero-order chi connectivity index (χ0) is 21.7. The number of ether oxygens (including phenoxy) is 1. The van der Waals surface area contributed by atoms with Crippen LogP contribution >= 0.6 is 27.5 Å². The van der Waals surface area contributed by atoms with Crippen molar-refractivity contribution in [3.05, 3.63) is 87.4 Å². The molecule has 30 heavy (non-hydrogen) atoms. The predicted octanol–water partition coefficient (Wildman–Crippen LogP) is 6.07. The quantitative estimate of drug-likeness (QED) is 0.443. The second-order valence-electron chi connectivity index (χ2n) is 6.62. The highest BCUT2D eigenvalue weighted by Crippen LogP contribution is 2.29. The van der Waals surface area contributed by atoms with Crippen LogP contribution in [-0.4, -0.2) is 17.9 Å². The molecule has 0 heterocycles. The van der Waals surface area contributed by atoms with Crippen LogP contribution in [0.2, 0.25) is 5.02 Å². The Bertz CT molecular complexity index is 1070. The van der Waals surface area contributed by atoms with Gasteiger partial charge in [-0.05, 0) is 77.8 Å².